The number of anilines is 1. The average molecular weight is 298 g/mol. The molecule has 1 N–H and O–H groups in total. The molecule has 2 rings (SSSR count). The Kier molecular flexibility index (Phi) is 3.91. The van der Waals surface area contributed by atoms with Crippen molar-refractivity contribution in [2.45, 2.75) is 13.8 Å². The Bertz CT molecular complexity index is 724. The molecule has 0 aromatic carbocycles. The van der Waals surface area contributed by atoms with Crippen LogP contribution in [0.2, 0.25) is 0 Å². The fourth-order valence-corrected chi connectivity index (χ4v) is 2.19. The third-order valence-electron chi connectivity index (χ3n) is 3.22. The number of hydrogen-bond acceptors (Lipinski definition) is 6. The number of nitrogens with one attached hydrogen (secondary N) is 1. The van der Waals surface area contributed by atoms with Gasteiger partial charge < -0.3 is 5.32 Å². The largest absolute Gasteiger partial charge is 0.380 e. The average Bonchev–Trinajstić information content (AvgIpc) is 2.80. The summed E-state index contributed by atoms with van der Waals surface area (Å²) in [6.45, 7) is 4.71. The maximum atomic E-state index is 11.3. The smallest absolute Gasteiger partial charge is 0.211 e. The van der Waals surface area contributed by atoms with Crippen LogP contribution >= 0.6 is 0 Å². The van der Waals surface area contributed by atoms with Gasteiger partial charge in [-0.25, -0.2) is 12.7 Å². The van der Waals surface area contributed by atoms with Crippen LogP contribution in [0.15, 0.2) is 6.33 Å². The summed E-state index contributed by atoms with van der Waals surface area (Å²) in [7, 11) is -1.61. The minimum absolute atomic E-state index is 0.375. The highest BCUT2D eigenvalue weighted by molar-refractivity contribution is 7.88. The molecule has 20 heavy (non-hydrogen) atoms. The predicted octanol–water partition coefficient (Wildman–Crippen LogP) is 0.0444. The molecule has 0 aliphatic carbocycles. The van der Waals surface area contributed by atoms with Gasteiger partial charge in [-0.3, -0.25) is 0 Å². The lowest BCUT2D eigenvalue weighted by Gasteiger charge is -2.16. The second-order valence-corrected chi connectivity index (χ2v) is 6.79. The maximum absolute atomic E-state index is 11.3. The van der Waals surface area contributed by atoms with E-state index >= 15 is 0 Å². The van der Waals surface area contributed by atoms with Gasteiger partial charge >= 0.3 is 0 Å². The van der Waals surface area contributed by atoms with Gasteiger partial charge in [0.25, 0.3) is 0 Å². The summed E-state index contributed by atoms with van der Waals surface area (Å²) in [5.74, 6) is 0. The van der Waals surface area contributed by atoms with E-state index in [2.05, 4.69) is 20.6 Å². The molecule has 8 nitrogen and oxygen atoms in total. The van der Waals surface area contributed by atoms with Gasteiger partial charge in [0.1, 0.15) is 6.33 Å². The molecule has 2 aromatic rings. The molecule has 0 fully saturated rings. The summed E-state index contributed by atoms with van der Waals surface area (Å²) in [4.78, 5) is 0. The Morgan fingerprint density at radius 3 is 2.75 bits per heavy atom. The normalized spacial score (nSPS) is 12.2. The first-order valence-electron chi connectivity index (χ1n) is 6.13. The fourth-order valence-electron chi connectivity index (χ4n) is 1.77. The zero-order valence-electron chi connectivity index (χ0n) is 12.0. The van der Waals surface area contributed by atoms with Crippen LogP contribution in [0.1, 0.15) is 11.3 Å². The highest BCUT2D eigenvalue weighted by Gasteiger charge is 2.13. The Balaban J connectivity index is 2.18. The van der Waals surface area contributed by atoms with E-state index in [9.17, 15) is 8.42 Å². The van der Waals surface area contributed by atoms with E-state index in [4.69, 9.17) is 0 Å². The second-order valence-electron chi connectivity index (χ2n) is 4.70. The van der Waals surface area contributed by atoms with E-state index < -0.39 is 10.0 Å². The molecular weight excluding hydrogens is 280 g/mol. The Morgan fingerprint density at radius 1 is 1.40 bits per heavy atom. The van der Waals surface area contributed by atoms with Crippen molar-refractivity contribution in [2.75, 3.05) is 31.7 Å². The number of aryl methyl sites for hydroxylation is 1. The van der Waals surface area contributed by atoms with Crippen LogP contribution in [0.25, 0.3) is 5.65 Å². The summed E-state index contributed by atoms with van der Waals surface area (Å²) >= 11 is 0. The number of nitrogens with zero attached hydrogens (tertiary/aromatic N) is 5. The molecule has 9 heteroatoms. The Hall–Kier alpha value is -1.74. The number of sulfonamides is 1. The molecule has 0 amide bonds. The lowest BCUT2D eigenvalue weighted by Crippen LogP contribution is -2.30. The summed E-state index contributed by atoms with van der Waals surface area (Å²) in [6.07, 6.45) is 2.72. The second kappa shape index (κ2) is 5.33. The van der Waals surface area contributed by atoms with Crippen LogP contribution in [-0.2, 0) is 10.0 Å². The molecule has 0 unspecified atom stereocenters. The van der Waals surface area contributed by atoms with Crippen molar-refractivity contribution in [1.82, 2.24) is 24.1 Å². The molecule has 0 saturated heterocycles. The summed E-state index contributed by atoms with van der Waals surface area (Å²) in [5.41, 5.74) is 3.32. The molecule has 0 radical (unpaired) electrons. The first kappa shape index (κ1) is 14.7. The van der Waals surface area contributed by atoms with Gasteiger partial charge in [0.2, 0.25) is 15.7 Å². The van der Waals surface area contributed by atoms with Gasteiger partial charge in [-0.1, -0.05) is 0 Å². The lowest BCUT2D eigenvalue weighted by molar-refractivity contribution is 0.486. The van der Waals surface area contributed by atoms with E-state index in [1.54, 1.807) is 11.6 Å². The minimum atomic E-state index is -3.16. The van der Waals surface area contributed by atoms with Crippen molar-refractivity contribution in [3.8, 4) is 0 Å². The molecule has 0 aliphatic rings. The molecule has 0 saturated carbocycles. The van der Waals surface area contributed by atoms with Gasteiger partial charge in [-0.15, -0.1) is 10.2 Å². The molecule has 0 atom stereocenters. The van der Waals surface area contributed by atoms with E-state index in [-0.39, 0.29) is 0 Å². The summed E-state index contributed by atoms with van der Waals surface area (Å²) in [5, 5.41) is 15.4. The van der Waals surface area contributed by atoms with Crippen molar-refractivity contribution in [2.24, 2.45) is 0 Å². The Morgan fingerprint density at radius 2 is 2.10 bits per heavy atom. The van der Waals surface area contributed by atoms with E-state index in [0.29, 0.717) is 18.7 Å². The van der Waals surface area contributed by atoms with Crippen LogP contribution in [0.5, 0.6) is 0 Å². The maximum Gasteiger partial charge on any atom is 0.211 e. The quantitative estimate of drug-likeness (QED) is 0.838. The van der Waals surface area contributed by atoms with E-state index in [1.165, 1.54) is 16.9 Å². The first-order chi connectivity index (χ1) is 9.30. The van der Waals surface area contributed by atoms with Crippen LogP contribution < -0.4 is 5.32 Å². The van der Waals surface area contributed by atoms with Crippen molar-refractivity contribution < 1.29 is 8.42 Å². The van der Waals surface area contributed by atoms with Crippen molar-refractivity contribution in [1.29, 1.82) is 0 Å². The van der Waals surface area contributed by atoms with Crippen molar-refractivity contribution >= 4 is 21.4 Å². The van der Waals surface area contributed by atoms with E-state index in [1.807, 2.05) is 13.8 Å². The van der Waals surface area contributed by atoms with Gasteiger partial charge in [0.05, 0.1) is 17.6 Å². The molecular formula is C11H18N6O2S. The molecule has 0 spiro atoms. The number of fused-ring (bicyclic) bond motifs is 1. The molecule has 2 heterocycles. The van der Waals surface area contributed by atoms with Crippen LogP contribution in [-0.4, -0.2) is 58.9 Å². The van der Waals surface area contributed by atoms with Gasteiger partial charge in [-0.2, -0.15) is 9.61 Å². The SMILES string of the molecule is Cc1nn2cnnc2c(NCCN(C)S(C)(=O)=O)c1C. The highest BCUT2D eigenvalue weighted by Crippen LogP contribution is 2.20. The fraction of sp³-hybridized carbons (Fsp3) is 0.545. The van der Waals surface area contributed by atoms with Crippen LogP contribution in [0.3, 0.4) is 0 Å². The lowest BCUT2D eigenvalue weighted by atomic mass is 10.2. The molecule has 2 aromatic heterocycles. The zero-order valence-corrected chi connectivity index (χ0v) is 12.8. The summed E-state index contributed by atoms with van der Waals surface area (Å²) in [6, 6.07) is 0. The number of likely N-dealkylation sites (N-methyl/N-ethyl adjacent to an activating group) is 1. The predicted molar refractivity (Wildman–Crippen MR) is 76.2 cm³/mol. The van der Waals surface area contributed by atoms with Crippen LogP contribution in [0.4, 0.5) is 5.69 Å². The minimum Gasteiger partial charge on any atom is -0.380 e. The van der Waals surface area contributed by atoms with E-state index in [0.717, 1.165) is 16.9 Å². The number of rotatable bonds is 5. The monoisotopic (exact) mass is 298 g/mol. The standard InChI is InChI=1S/C11H18N6O2S/c1-8-9(2)15-17-7-13-14-11(17)10(8)12-5-6-16(3)20(4,18)19/h7,12H,5-6H2,1-4H3. The zero-order chi connectivity index (χ0) is 14.9. The number of hydrogen-bond donors (Lipinski definition) is 1. The topological polar surface area (TPSA) is 92.5 Å². The first-order valence-corrected chi connectivity index (χ1v) is 7.98. The summed E-state index contributed by atoms with van der Waals surface area (Å²) < 4.78 is 25.6. The Labute approximate surface area is 117 Å². The van der Waals surface area contributed by atoms with Crippen LogP contribution in [0, 0.1) is 13.8 Å². The van der Waals surface area contributed by atoms with Crippen molar-refractivity contribution in [3.63, 3.8) is 0 Å². The molecule has 0 aliphatic heterocycles. The molecule has 110 valence electrons. The molecule has 0 bridgehead atoms. The van der Waals surface area contributed by atoms with Crippen molar-refractivity contribution in [3.05, 3.63) is 17.6 Å². The number of aromatic nitrogens is 4. The van der Waals surface area contributed by atoms with Gasteiger partial charge in [-0.05, 0) is 19.4 Å². The van der Waals surface area contributed by atoms with Gasteiger partial charge in [0.15, 0.2) is 0 Å². The highest BCUT2D eigenvalue weighted by atomic mass is 32.2. The van der Waals surface area contributed by atoms with Gasteiger partial charge in [0, 0.05) is 20.1 Å². The third-order valence-corrected chi connectivity index (χ3v) is 4.54. The third kappa shape index (κ3) is 2.88.